The van der Waals surface area contributed by atoms with E-state index in [1.165, 1.54) is 10.9 Å². The van der Waals surface area contributed by atoms with Gasteiger partial charge in [-0.3, -0.25) is 0 Å². The number of fused-ring (bicyclic) bond motifs is 2. The number of aromatic nitrogens is 4. The van der Waals surface area contributed by atoms with Gasteiger partial charge in [0.15, 0.2) is 5.65 Å². The average molecular weight is 374 g/mol. The van der Waals surface area contributed by atoms with Crippen molar-refractivity contribution in [2.75, 3.05) is 17.3 Å². The monoisotopic (exact) mass is 374 g/mol. The first kappa shape index (κ1) is 16.9. The van der Waals surface area contributed by atoms with Gasteiger partial charge in [-0.1, -0.05) is 12.1 Å². The van der Waals surface area contributed by atoms with Crippen LogP contribution < -0.4 is 10.2 Å². The molecule has 142 valence electrons. The topological polar surface area (TPSA) is 90.0 Å². The van der Waals surface area contributed by atoms with Crippen molar-refractivity contribution in [2.24, 2.45) is 0 Å². The average Bonchev–Trinajstić information content (AvgIpc) is 3.16. The predicted octanol–water partition coefficient (Wildman–Crippen LogP) is 3.08. The fraction of sp³-hybridized carbons (Fsp3) is 0.286. The molecule has 5 rings (SSSR count). The summed E-state index contributed by atoms with van der Waals surface area (Å²) in [6, 6.07) is 12.6. The summed E-state index contributed by atoms with van der Waals surface area (Å²) in [5.74, 6) is 1.55. The summed E-state index contributed by atoms with van der Waals surface area (Å²) in [6.07, 6.45) is 5.07. The number of nitrogens with zero attached hydrogens (tertiary/aromatic N) is 4. The first-order valence-corrected chi connectivity index (χ1v) is 9.50. The molecule has 0 spiro atoms. The van der Waals surface area contributed by atoms with Crippen LogP contribution in [0.3, 0.4) is 0 Å². The van der Waals surface area contributed by atoms with E-state index in [2.05, 4.69) is 54.4 Å². The largest absolute Gasteiger partial charge is 0.393 e. The highest BCUT2D eigenvalue weighted by Gasteiger charge is 2.31. The number of rotatable bonds is 5. The lowest BCUT2D eigenvalue weighted by molar-refractivity contribution is 0.0748. The summed E-state index contributed by atoms with van der Waals surface area (Å²) in [6.45, 7) is 0.661. The van der Waals surface area contributed by atoms with Crippen LogP contribution in [0.1, 0.15) is 18.4 Å². The second-order valence-corrected chi connectivity index (χ2v) is 7.41. The van der Waals surface area contributed by atoms with Crippen molar-refractivity contribution < 1.29 is 5.11 Å². The molecule has 1 aliphatic rings. The molecule has 0 unspecified atom stereocenters. The maximum absolute atomic E-state index is 9.54. The van der Waals surface area contributed by atoms with Gasteiger partial charge in [0.25, 0.3) is 0 Å². The predicted molar refractivity (Wildman–Crippen MR) is 110 cm³/mol. The van der Waals surface area contributed by atoms with E-state index < -0.39 is 0 Å². The number of aliphatic hydroxyl groups is 1. The SMILES string of the molecule is CN(c1ccc2ncc(NCc3ccc4cc[nH]c4c3)nc2n1)C1CC(O)C1. The zero-order chi connectivity index (χ0) is 19.1. The Morgan fingerprint density at radius 3 is 2.93 bits per heavy atom. The van der Waals surface area contributed by atoms with Gasteiger partial charge in [0, 0.05) is 31.3 Å². The van der Waals surface area contributed by atoms with Crippen molar-refractivity contribution >= 4 is 33.7 Å². The Balaban J connectivity index is 1.34. The second-order valence-electron chi connectivity index (χ2n) is 7.41. The minimum Gasteiger partial charge on any atom is -0.393 e. The first-order chi connectivity index (χ1) is 13.7. The highest BCUT2D eigenvalue weighted by Crippen LogP contribution is 2.28. The molecule has 7 nitrogen and oxygen atoms in total. The molecule has 1 fully saturated rings. The number of hydrogen-bond acceptors (Lipinski definition) is 6. The van der Waals surface area contributed by atoms with Crippen LogP contribution in [0.25, 0.3) is 22.1 Å². The van der Waals surface area contributed by atoms with Crippen molar-refractivity contribution in [3.05, 3.63) is 54.4 Å². The normalized spacial score (nSPS) is 18.9. The maximum atomic E-state index is 9.54. The van der Waals surface area contributed by atoms with Gasteiger partial charge < -0.3 is 20.3 Å². The highest BCUT2D eigenvalue weighted by atomic mass is 16.3. The molecule has 0 saturated heterocycles. The van der Waals surface area contributed by atoms with Gasteiger partial charge in [0.2, 0.25) is 0 Å². The van der Waals surface area contributed by atoms with E-state index in [9.17, 15) is 5.11 Å². The number of anilines is 2. The molecule has 7 heteroatoms. The Morgan fingerprint density at radius 1 is 1.18 bits per heavy atom. The van der Waals surface area contributed by atoms with Crippen molar-refractivity contribution in [1.82, 2.24) is 19.9 Å². The summed E-state index contributed by atoms with van der Waals surface area (Å²) >= 11 is 0. The summed E-state index contributed by atoms with van der Waals surface area (Å²) < 4.78 is 0. The standard InChI is InChI=1S/C21H22N6O/c1-27(15-9-16(28)10-15)20-5-4-17-21(26-20)25-19(12-23-17)24-11-13-2-3-14-6-7-22-18(14)8-13/h2-8,12,15-16,22,28H,9-11H2,1H3,(H,24,25,26). The number of hydrogen-bond donors (Lipinski definition) is 3. The van der Waals surface area contributed by atoms with Crippen LogP contribution in [0.4, 0.5) is 11.6 Å². The van der Waals surface area contributed by atoms with Gasteiger partial charge in [-0.05, 0) is 48.1 Å². The summed E-state index contributed by atoms with van der Waals surface area (Å²) in [5, 5.41) is 14.1. The lowest BCUT2D eigenvalue weighted by Crippen LogP contribution is -2.45. The number of aromatic amines is 1. The number of aliphatic hydroxyl groups excluding tert-OH is 1. The van der Waals surface area contributed by atoms with Gasteiger partial charge in [-0.15, -0.1) is 0 Å². The fourth-order valence-electron chi connectivity index (χ4n) is 3.63. The molecular weight excluding hydrogens is 352 g/mol. The van der Waals surface area contributed by atoms with E-state index in [-0.39, 0.29) is 6.10 Å². The molecule has 3 heterocycles. The summed E-state index contributed by atoms with van der Waals surface area (Å²) in [5.41, 5.74) is 3.68. The molecule has 0 radical (unpaired) electrons. The van der Waals surface area contributed by atoms with Crippen LogP contribution >= 0.6 is 0 Å². The molecule has 0 bridgehead atoms. The van der Waals surface area contributed by atoms with E-state index in [4.69, 9.17) is 0 Å². The van der Waals surface area contributed by atoms with E-state index in [0.717, 1.165) is 29.7 Å². The molecule has 3 aromatic heterocycles. The molecule has 0 atom stereocenters. The van der Waals surface area contributed by atoms with Crippen LogP contribution in [0.15, 0.2) is 48.8 Å². The van der Waals surface area contributed by atoms with Crippen LogP contribution in [0.5, 0.6) is 0 Å². The lowest BCUT2D eigenvalue weighted by Gasteiger charge is -2.39. The minimum absolute atomic E-state index is 0.186. The maximum Gasteiger partial charge on any atom is 0.182 e. The molecule has 0 aliphatic heterocycles. The number of H-pyrrole nitrogens is 1. The van der Waals surface area contributed by atoms with Crippen molar-refractivity contribution in [2.45, 2.75) is 31.5 Å². The Bertz CT molecular complexity index is 1130. The molecule has 4 aromatic rings. The van der Waals surface area contributed by atoms with Gasteiger partial charge in [0.05, 0.1) is 12.3 Å². The van der Waals surface area contributed by atoms with Crippen molar-refractivity contribution in [3.63, 3.8) is 0 Å². The van der Waals surface area contributed by atoms with Gasteiger partial charge in [-0.25, -0.2) is 15.0 Å². The third-order valence-corrected chi connectivity index (χ3v) is 5.48. The van der Waals surface area contributed by atoms with Crippen molar-refractivity contribution in [1.29, 1.82) is 0 Å². The summed E-state index contributed by atoms with van der Waals surface area (Å²) in [7, 11) is 2.01. The van der Waals surface area contributed by atoms with E-state index in [1.807, 2.05) is 25.4 Å². The summed E-state index contributed by atoms with van der Waals surface area (Å²) in [4.78, 5) is 19.1. The molecular formula is C21H22N6O. The van der Waals surface area contributed by atoms with Crippen LogP contribution in [0, 0.1) is 0 Å². The minimum atomic E-state index is -0.186. The Morgan fingerprint density at radius 2 is 2.07 bits per heavy atom. The fourth-order valence-corrected chi connectivity index (χ4v) is 3.63. The van der Waals surface area contributed by atoms with Gasteiger partial charge in [-0.2, -0.15) is 0 Å². The van der Waals surface area contributed by atoms with E-state index in [0.29, 0.717) is 24.1 Å². The quantitative estimate of drug-likeness (QED) is 0.497. The zero-order valence-corrected chi connectivity index (χ0v) is 15.6. The Hall–Kier alpha value is -3.19. The van der Waals surface area contributed by atoms with E-state index >= 15 is 0 Å². The van der Waals surface area contributed by atoms with Crippen molar-refractivity contribution in [3.8, 4) is 0 Å². The molecule has 28 heavy (non-hydrogen) atoms. The highest BCUT2D eigenvalue weighted by molar-refractivity contribution is 5.80. The van der Waals surface area contributed by atoms with Gasteiger partial charge >= 0.3 is 0 Å². The Labute approximate surface area is 162 Å². The lowest BCUT2D eigenvalue weighted by atomic mass is 9.88. The van der Waals surface area contributed by atoms with Crippen LogP contribution in [-0.2, 0) is 6.54 Å². The molecule has 0 amide bonds. The smallest absolute Gasteiger partial charge is 0.182 e. The van der Waals surface area contributed by atoms with Crippen LogP contribution in [-0.4, -0.2) is 44.2 Å². The van der Waals surface area contributed by atoms with E-state index in [1.54, 1.807) is 6.20 Å². The molecule has 1 aliphatic carbocycles. The molecule has 1 saturated carbocycles. The third-order valence-electron chi connectivity index (χ3n) is 5.48. The molecule has 3 N–H and O–H groups in total. The third kappa shape index (κ3) is 3.14. The van der Waals surface area contributed by atoms with Crippen LogP contribution in [0.2, 0.25) is 0 Å². The number of benzene rings is 1. The number of nitrogens with one attached hydrogen (secondary N) is 2. The zero-order valence-electron chi connectivity index (χ0n) is 15.6. The van der Waals surface area contributed by atoms with Gasteiger partial charge in [0.1, 0.15) is 17.2 Å². The Kier molecular flexibility index (Phi) is 4.09. The number of pyridine rings is 1. The first-order valence-electron chi connectivity index (χ1n) is 9.50. The second kappa shape index (κ2) is 6.76. The molecule has 1 aromatic carbocycles.